The zero-order valence-electron chi connectivity index (χ0n) is 14.0. The number of hydrogen-bond donors (Lipinski definition) is 2. The first-order chi connectivity index (χ1) is 12.3. The molecule has 1 heterocycles. The summed E-state index contributed by atoms with van der Waals surface area (Å²) < 4.78 is 5.46. The summed E-state index contributed by atoms with van der Waals surface area (Å²) in [6, 6.07) is 16.9. The molecule has 2 aromatic carbocycles. The first kappa shape index (κ1) is 17.2. The van der Waals surface area contributed by atoms with Crippen molar-refractivity contribution in [3.05, 3.63) is 65.7 Å². The number of rotatable bonds is 6. The van der Waals surface area contributed by atoms with Crippen LogP contribution >= 0.6 is 0 Å². The number of carbonyl (C=O) groups is 2. The molecule has 1 atom stereocenters. The van der Waals surface area contributed by atoms with E-state index in [1.54, 1.807) is 24.3 Å². The van der Waals surface area contributed by atoms with Crippen molar-refractivity contribution in [2.75, 3.05) is 18.5 Å². The number of benzene rings is 2. The van der Waals surface area contributed by atoms with Crippen molar-refractivity contribution in [3.63, 3.8) is 0 Å². The van der Waals surface area contributed by atoms with Crippen molar-refractivity contribution in [3.8, 4) is 0 Å². The molecule has 0 radical (unpaired) electrons. The minimum Gasteiger partial charge on any atom is -0.381 e. The summed E-state index contributed by atoms with van der Waals surface area (Å²) in [5, 5.41) is 5.75. The molecule has 3 rings (SSSR count). The standard InChI is InChI=1S/C20H22N2O3/c23-14-21-18-8-6-17(7-9-18)20(24)22-19(15-4-2-1-3-5-15)16-10-12-25-13-11-16/h1-9,14,16,19H,10-13H2,(H,21,23)(H,22,24)/t19-/m0/s1. The Balaban J connectivity index is 1.76. The Labute approximate surface area is 147 Å². The Morgan fingerprint density at radius 2 is 1.72 bits per heavy atom. The Kier molecular flexibility index (Phi) is 5.80. The van der Waals surface area contributed by atoms with E-state index in [0.29, 0.717) is 23.6 Å². The summed E-state index contributed by atoms with van der Waals surface area (Å²) >= 11 is 0. The van der Waals surface area contributed by atoms with Crippen molar-refractivity contribution in [1.29, 1.82) is 0 Å². The number of hydrogen-bond acceptors (Lipinski definition) is 3. The summed E-state index contributed by atoms with van der Waals surface area (Å²) in [5.74, 6) is 0.245. The van der Waals surface area contributed by atoms with E-state index >= 15 is 0 Å². The molecular weight excluding hydrogens is 316 g/mol. The molecule has 0 saturated carbocycles. The summed E-state index contributed by atoms with van der Waals surface area (Å²) in [4.78, 5) is 23.2. The fourth-order valence-corrected chi connectivity index (χ4v) is 3.19. The molecule has 2 amide bonds. The predicted octanol–water partition coefficient (Wildman–Crippen LogP) is 3.15. The van der Waals surface area contributed by atoms with Crippen molar-refractivity contribution in [1.82, 2.24) is 5.32 Å². The van der Waals surface area contributed by atoms with E-state index in [-0.39, 0.29) is 11.9 Å². The highest BCUT2D eigenvalue weighted by Crippen LogP contribution is 2.30. The minimum atomic E-state index is -0.113. The van der Waals surface area contributed by atoms with Gasteiger partial charge in [-0.1, -0.05) is 30.3 Å². The average molecular weight is 338 g/mol. The van der Waals surface area contributed by atoms with Gasteiger partial charge in [0, 0.05) is 24.5 Å². The molecule has 1 aliphatic rings. The van der Waals surface area contributed by atoms with Crippen LogP contribution in [0.4, 0.5) is 5.69 Å². The van der Waals surface area contributed by atoms with Crippen LogP contribution in [-0.4, -0.2) is 25.5 Å². The third kappa shape index (κ3) is 4.45. The van der Waals surface area contributed by atoms with E-state index in [1.165, 1.54) is 0 Å². The lowest BCUT2D eigenvalue weighted by atomic mass is 9.87. The highest BCUT2D eigenvalue weighted by molar-refractivity contribution is 5.95. The molecule has 0 spiro atoms. The van der Waals surface area contributed by atoms with Gasteiger partial charge in [0.05, 0.1) is 6.04 Å². The predicted molar refractivity (Wildman–Crippen MR) is 96.3 cm³/mol. The van der Waals surface area contributed by atoms with E-state index in [1.807, 2.05) is 18.2 Å². The van der Waals surface area contributed by atoms with Crippen LogP contribution in [0, 0.1) is 5.92 Å². The molecule has 2 N–H and O–H groups in total. The van der Waals surface area contributed by atoms with Crippen LogP contribution < -0.4 is 10.6 Å². The van der Waals surface area contributed by atoms with Crippen LogP contribution in [0.2, 0.25) is 0 Å². The van der Waals surface area contributed by atoms with Crippen molar-refractivity contribution < 1.29 is 14.3 Å². The van der Waals surface area contributed by atoms with Crippen molar-refractivity contribution in [2.45, 2.75) is 18.9 Å². The summed E-state index contributed by atoms with van der Waals surface area (Å²) in [6.07, 6.45) is 2.48. The van der Waals surface area contributed by atoms with Gasteiger partial charge in [0.15, 0.2) is 0 Å². The number of ether oxygens (including phenoxy) is 1. The molecule has 5 nitrogen and oxygen atoms in total. The van der Waals surface area contributed by atoms with E-state index in [2.05, 4.69) is 22.8 Å². The number of amides is 2. The third-order valence-corrected chi connectivity index (χ3v) is 4.56. The van der Waals surface area contributed by atoms with Gasteiger partial charge in [0.25, 0.3) is 5.91 Å². The van der Waals surface area contributed by atoms with Crippen LogP contribution in [-0.2, 0) is 9.53 Å². The quantitative estimate of drug-likeness (QED) is 0.795. The molecule has 0 aliphatic carbocycles. The Morgan fingerprint density at radius 1 is 1.04 bits per heavy atom. The Hall–Kier alpha value is -2.66. The number of carbonyl (C=O) groups excluding carboxylic acids is 2. The molecule has 1 saturated heterocycles. The van der Waals surface area contributed by atoms with Gasteiger partial charge < -0.3 is 15.4 Å². The zero-order valence-corrected chi connectivity index (χ0v) is 14.0. The Morgan fingerprint density at radius 3 is 2.36 bits per heavy atom. The lowest BCUT2D eigenvalue weighted by molar-refractivity contribution is -0.105. The molecular formula is C20H22N2O3. The van der Waals surface area contributed by atoms with E-state index in [0.717, 1.165) is 31.6 Å². The molecule has 130 valence electrons. The molecule has 0 unspecified atom stereocenters. The van der Waals surface area contributed by atoms with E-state index in [9.17, 15) is 9.59 Å². The second kappa shape index (κ2) is 8.44. The summed E-state index contributed by atoms with van der Waals surface area (Å²) in [7, 11) is 0. The number of nitrogens with one attached hydrogen (secondary N) is 2. The first-order valence-corrected chi connectivity index (χ1v) is 8.52. The molecule has 25 heavy (non-hydrogen) atoms. The maximum atomic E-state index is 12.7. The molecule has 2 aromatic rings. The highest BCUT2D eigenvalue weighted by atomic mass is 16.5. The van der Waals surface area contributed by atoms with Crippen molar-refractivity contribution in [2.24, 2.45) is 5.92 Å². The summed E-state index contributed by atoms with van der Waals surface area (Å²) in [6.45, 7) is 1.46. The van der Waals surface area contributed by atoms with Gasteiger partial charge in [-0.15, -0.1) is 0 Å². The van der Waals surface area contributed by atoms with Gasteiger partial charge in [-0.2, -0.15) is 0 Å². The van der Waals surface area contributed by atoms with Gasteiger partial charge in [-0.3, -0.25) is 9.59 Å². The second-order valence-electron chi connectivity index (χ2n) is 6.15. The maximum absolute atomic E-state index is 12.7. The largest absolute Gasteiger partial charge is 0.381 e. The van der Waals surface area contributed by atoms with Crippen LogP contribution in [0.3, 0.4) is 0 Å². The SMILES string of the molecule is O=CNc1ccc(C(=O)N[C@@H](c2ccccc2)C2CCOCC2)cc1. The Bertz CT molecular complexity index is 695. The normalized spacial score (nSPS) is 16.0. The van der Waals surface area contributed by atoms with Gasteiger partial charge in [-0.25, -0.2) is 0 Å². The number of anilines is 1. The third-order valence-electron chi connectivity index (χ3n) is 4.56. The molecule has 0 bridgehead atoms. The zero-order chi connectivity index (χ0) is 17.5. The van der Waals surface area contributed by atoms with Gasteiger partial charge in [-0.05, 0) is 48.6 Å². The van der Waals surface area contributed by atoms with Gasteiger partial charge in [0.2, 0.25) is 6.41 Å². The van der Waals surface area contributed by atoms with E-state index < -0.39 is 0 Å². The van der Waals surface area contributed by atoms with Crippen LogP contribution in [0.25, 0.3) is 0 Å². The first-order valence-electron chi connectivity index (χ1n) is 8.52. The topological polar surface area (TPSA) is 67.4 Å². The lowest BCUT2D eigenvalue weighted by Gasteiger charge is -2.31. The van der Waals surface area contributed by atoms with Gasteiger partial charge in [0.1, 0.15) is 0 Å². The van der Waals surface area contributed by atoms with Crippen molar-refractivity contribution >= 4 is 18.0 Å². The van der Waals surface area contributed by atoms with Gasteiger partial charge >= 0.3 is 0 Å². The average Bonchev–Trinajstić information content (AvgIpc) is 2.68. The fourth-order valence-electron chi connectivity index (χ4n) is 3.19. The van der Waals surface area contributed by atoms with Crippen LogP contribution in [0.5, 0.6) is 0 Å². The molecule has 1 fully saturated rings. The summed E-state index contributed by atoms with van der Waals surface area (Å²) in [5.41, 5.74) is 2.35. The molecule has 1 aliphatic heterocycles. The second-order valence-corrected chi connectivity index (χ2v) is 6.15. The smallest absolute Gasteiger partial charge is 0.251 e. The highest BCUT2D eigenvalue weighted by Gasteiger charge is 2.27. The maximum Gasteiger partial charge on any atom is 0.251 e. The van der Waals surface area contributed by atoms with E-state index in [4.69, 9.17) is 4.74 Å². The minimum absolute atomic E-state index is 0.0367. The fraction of sp³-hybridized carbons (Fsp3) is 0.300. The lowest BCUT2D eigenvalue weighted by Crippen LogP contribution is -2.36. The molecule has 5 heteroatoms. The van der Waals surface area contributed by atoms with Crippen LogP contribution in [0.15, 0.2) is 54.6 Å². The monoisotopic (exact) mass is 338 g/mol. The molecule has 0 aromatic heterocycles. The van der Waals surface area contributed by atoms with Crippen LogP contribution in [0.1, 0.15) is 34.8 Å².